The van der Waals surface area contributed by atoms with Crippen LogP contribution in [-0.2, 0) is 0 Å². The van der Waals surface area contributed by atoms with Crippen LogP contribution in [-0.4, -0.2) is 20.9 Å². The molecule has 1 heterocycles. The van der Waals surface area contributed by atoms with Crippen LogP contribution in [0.3, 0.4) is 0 Å². The normalized spacial score (nSPS) is 19.2. The molecule has 28 valence electrons. The van der Waals surface area contributed by atoms with Crippen molar-refractivity contribution in [3.05, 3.63) is 20.4 Å². The Morgan fingerprint density at radius 1 is 1.00 bits per heavy atom. The van der Waals surface area contributed by atoms with Gasteiger partial charge in [0.25, 0.3) is 0 Å². The topological polar surface area (TPSA) is 0 Å². The van der Waals surface area contributed by atoms with Crippen LogP contribution in [0.2, 0.25) is 0 Å². The van der Waals surface area contributed by atoms with Gasteiger partial charge in [0.2, 0.25) is 0 Å². The first-order valence-electron chi connectivity index (χ1n) is 1.58. The average Bonchev–Trinajstić information content (AvgIpc) is 1.76. The van der Waals surface area contributed by atoms with Crippen molar-refractivity contribution in [2.24, 2.45) is 0 Å². The number of allylic oxidation sites excluding steroid dienone is 2. The van der Waals surface area contributed by atoms with Crippen LogP contribution < -0.4 is 0 Å². The fourth-order valence-electron chi connectivity index (χ4n) is 0.278. The van der Waals surface area contributed by atoms with E-state index in [0.717, 1.165) is 0 Å². The molecule has 1 heteroatoms. The molecule has 0 aliphatic carbocycles. The van der Waals surface area contributed by atoms with Crippen molar-refractivity contribution in [3.8, 4) is 0 Å². The molecule has 0 saturated heterocycles. The zero-order chi connectivity index (χ0) is 3.54. The molecular formula is C4H6Te. The zero-order valence-corrected chi connectivity index (χ0v) is 5.66. The number of hydrogen-bond acceptors (Lipinski definition) is 0. The third-order valence-corrected chi connectivity index (χ3v) is 2.69. The molecule has 5 heavy (non-hydrogen) atoms. The summed E-state index contributed by atoms with van der Waals surface area (Å²) in [4.78, 5) is 0. The van der Waals surface area contributed by atoms with Crippen LogP contribution in [0, 0.1) is 0 Å². The molecular weight excluding hydrogens is 176 g/mol. The second-order valence-corrected chi connectivity index (χ2v) is 3.74. The van der Waals surface area contributed by atoms with Crippen molar-refractivity contribution in [2.45, 2.75) is 0 Å². The standard InChI is InChI=1S/C4H6Te/c1-2-4-5-3-1/h1-4H,5H2. The van der Waals surface area contributed by atoms with Crippen LogP contribution in [0.15, 0.2) is 20.4 Å². The van der Waals surface area contributed by atoms with Gasteiger partial charge < -0.3 is 0 Å². The Bertz CT molecular complexity index is 61.7. The van der Waals surface area contributed by atoms with Crippen LogP contribution in [0.4, 0.5) is 0 Å². The van der Waals surface area contributed by atoms with E-state index < -0.39 is 0 Å². The fourth-order valence-corrected chi connectivity index (χ4v) is 1.86. The van der Waals surface area contributed by atoms with E-state index in [9.17, 15) is 0 Å². The number of rotatable bonds is 0. The summed E-state index contributed by atoms with van der Waals surface area (Å²) in [7, 11) is 0. The Kier molecular flexibility index (Phi) is 1.14. The Balaban J connectivity index is 2.61. The molecule has 0 amide bonds. The summed E-state index contributed by atoms with van der Waals surface area (Å²) in [6.45, 7) is 0. The molecule has 0 unspecified atom stereocenters. The summed E-state index contributed by atoms with van der Waals surface area (Å²) in [6.07, 6.45) is 4.26. The van der Waals surface area contributed by atoms with Crippen LogP contribution >= 0.6 is 0 Å². The quantitative estimate of drug-likeness (QED) is 0.469. The molecule has 0 fully saturated rings. The average molecular weight is 182 g/mol. The first-order valence-corrected chi connectivity index (χ1v) is 4.87. The summed E-state index contributed by atoms with van der Waals surface area (Å²) in [5.74, 6) is 0. The van der Waals surface area contributed by atoms with Gasteiger partial charge in [0.05, 0.1) is 0 Å². The van der Waals surface area contributed by atoms with Crippen molar-refractivity contribution < 1.29 is 0 Å². The first kappa shape index (κ1) is 3.46. The van der Waals surface area contributed by atoms with E-state index in [1.807, 2.05) is 0 Å². The Labute approximate surface area is 41.7 Å². The Morgan fingerprint density at radius 2 is 1.60 bits per heavy atom. The summed E-state index contributed by atoms with van der Waals surface area (Å²) >= 11 is -0.0322. The second kappa shape index (κ2) is 1.64. The van der Waals surface area contributed by atoms with E-state index in [0.29, 0.717) is 0 Å². The summed E-state index contributed by atoms with van der Waals surface area (Å²) in [5.41, 5.74) is 0. The summed E-state index contributed by atoms with van der Waals surface area (Å²) < 4.78 is 4.59. The van der Waals surface area contributed by atoms with E-state index >= 15 is 0 Å². The van der Waals surface area contributed by atoms with Crippen molar-refractivity contribution in [1.82, 2.24) is 0 Å². The molecule has 1 rings (SSSR count). The van der Waals surface area contributed by atoms with Crippen molar-refractivity contribution in [1.29, 1.82) is 0 Å². The predicted molar refractivity (Wildman–Crippen MR) is 26.8 cm³/mol. The van der Waals surface area contributed by atoms with E-state index in [4.69, 9.17) is 0 Å². The van der Waals surface area contributed by atoms with Gasteiger partial charge in [-0.15, -0.1) is 0 Å². The Morgan fingerprint density at radius 3 is 1.80 bits per heavy atom. The van der Waals surface area contributed by atoms with Crippen molar-refractivity contribution in [3.63, 3.8) is 0 Å². The maximum absolute atomic E-state index is 2.30. The van der Waals surface area contributed by atoms with Crippen LogP contribution in [0.1, 0.15) is 0 Å². The molecule has 0 atom stereocenters. The molecule has 0 radical (unpaired) electrons. The molecule has 0 aromatic heterocycles. The van der Waals surface area contributed by atoms with Crippen LogP contribution in [0.5, 0.6) is 0 Å². The summed E-state index contributed by atoms with van der Waals surface area (Å²) in [5, 5.41) is 0. The van der Waals surface area contributed by atoms with Gasteiger partial charge in [-0.05, 0) is 0 Å². The Hall–Kier alpha value is 0.270. The second-order valence-electron chi connectivity index (χ2n) is 0.885. The predicted octanol–water partition coefficient (Wildman–Crippen LogP) is 0.196. The molecule has 0 spiro atoms. The zero-order valence-electron chi connectivity index (χ0n) is 2.81. The van der Waals surface area contributed by atoms with Gasteiger partial charge in [-0.2, -0.15) is 0 Å². The van der Waals surface area contributed by atoms with Crippen molar-refractivity contribution >= 4 is 20.9 Å². The fraction of sp³-hybridized carbons (Fsp3) is 0. The summed E-state index contributed by atoms with van der Waals surface area (Å²) in [6, 6.07) is 0. The van der Waals surface area contributed by atoms with Crippen molar-refractivity contribution in [2.75, 3.05) is 0 Å². The SMILES string of the molecule is C1=C[TeH2]C=C1. The molecule has 0 bridgehead atoms. The third-order valence-electron chi connectivity index (χ3n) is 0.496. The van der Waals surface area contributed by atoms with E-state index in [2.05, 4.69) is 20.4 Å². The van der Waals surface area contributed by atoms with Gasteiger partial charge in [0.1, 0.15) is 0 Å². The van der Waals surface area contributed by atoms with Gasteiger partial charge in [-0.25, -0.2) is 0 Å². The van der Waals surface area contributed by atoms with Crippen LogP contribution in [0.25, 0.3) is 0 Å². The molecule has 0 aromatic rings. The molecule has 0 saturated carbocycles. The number of hydrogen-bond donors (Lipinski definition) is 0. The van der Waals surface area contributed by atoms with E-state index in [-0.39, 0.29) is 20.9 Å². The third kappa shape index (κ3) is 0.792. The van der Waals surface area contributed by atoms with E-state index in [1.165, 1.54) is 0 Å². The van der Waals surface area contributed by atoms with Gasteiger partial charge in [-0.3, -0.25) is 0 Å². The minimum atomic E-state index is -0.0322. The molecule has 1 aliphatic rings. The monoisotopic (exact) mass is 184 g/mol. The van der Waals surface area contributed by atoms with Gasteiger partial charge in [0.15, 0.2) is 0 Å². The molecule has 0 nitrogen and oxygen atoms in total. The van der Waals surface area contributed by atoms with Gasteiger partial charge in [-0.1, -0.05) is 0 Å². The minimum absolute atomic E-state index is 0.0322. The van der Waals surface area contributed by atoms with Gasteiger partial charge in [0, 0.05) is 0 Å². The first-order chi connectivity index (χ1) is 2.50. The molecule has 0 N–H and O–H groups in total. The molecule has 0 aromatic carbocycles. The van der Waals surface area contributed by atoms with E-state index in [1.54, 1.807) is 0 Å². The maximum atomic E-state index is 2.30. The molecule has 1 aliphatic heterocycles. The van der Waals surface area contributed by atoms with Gasteiger partial charge >= 0.3 is 41.3 Å².